The van der Waals surface area contributed by atoms with Crippen LogP contribution in [0.5, 0.6) is 0 Å². The van der Waals surface area contributed by atoms with Crippen molar-refractivity contribution in [2.75, 3.05) is 13.1 Å². The fourth-order valence-electron chi connectivity index (χ4n) is 3.76. The summed E-state index contributed by atoms with van der Waals surface area (Å²) in [6.07, 6.45) is -2.96. The molecule has 1 aliphatic heterocycles. The summed E-state index contributed by atoms with van der Waals surface area (Å²) in [4.78, 5) is 20.7. The molecule has 3 aromatic rings. The number of thiophene rings is 1. The number of alkyl halides is 3. The highest BCUT2D eigenvalue weighted by molar-refractivity contribution is 7.14. The highest BCUT2D eigenvalue weighted by Gasteiger charge is 2.36. The van der Waals surface area contributed by atoms with Crippen LogP contribution in [0.2, 0.25) is 0 Å². The minimum absolute atomic E-state index is 0.0235. The van der Waals surface area contributed by atoms with Crippen LogP contribution in [0.3, 0.4) is 0 Å². The van der Waals surface area contributed by atoms with Gasteiger partial charge in [-0.15, -0.1) is 11.3 Å². The minimum atomic E-state index is -4.52. The lowest BCUT2D eigenvalue weighted by Crippen LogP contribution is -2.38. The van der Waals surface area contributed by atoms with Crippen molar-refractivity contribution in [1.82, 2.24) is 19.5 Å². The molecule has 1 unspecified atom stereocenters. The molecule has 0 saturated carbocycles. The second kappa shape index (κ2) is 7.12. The molecule has 0 N–H and O–H groups in total. The molecule has 0 spiro atoms. The van der Waals surface area contributed by atoms with Crippen LogP contribution in [0.1, 0.15) is 56.0 Å². The molecular weight excluding hydrogens is 401 g/mol. The van der Waals surface area contributed by atoms with E-state index in [1.165, 1.54) is 18.3 Å². The van der Waals surface area contributed by atoms with Gasteiger partial charge in [0.1, 0.15) is 5.69 Å². The van der Waals surface area contributed by atoms with Crippen molar-refractivity contribution in [1.29, 1.82) is 0 Å². The van der Waals surface area contributed by atoms with Crippen LogP contribution in [-0.2, 0) is 6.18 Å². The molecule has 154 valence electrons. The highest BCUT2D eigenvalue weighted by atomic mass is 32.1. The maximum Gasteiger partial charge on any atom is 0.433 e. The number of amides is 1. The van der Waals surface area contributed by atoms with E-state index >= 15 is 0 Å². The van der Waals surface area contributed by atoms with Gasteiger partial charge in [-0.05, 0) is 51.3 Å². The smallest absolute Gasteiger partial charge is 0.337 e. The van der Waals surface area contributed by atoms with E-state index in [4.69, 9.17) is 0 Å². The zero-order valence-corrected chi connectivity index (χ0v) is 17.2. The van der Waals surface area contributed by atoms with E-state index in [2.05, 4.69) is 10.1 Å². The number of piperidine rings is 1. The number of fused-ring (bicyclic) bond motifs is 1. The van der Waals surface area contributed by atoms with Gasteiger partial charge in [-0.25, -0.2) is 9.50 Å². The van der Waals surface area contributed by atoms with Crippen molar-refractivity contribution in [3.63, 3.8) is 0 Å². The fraction of sp³-hybridized carbons (Fsp3) is 0.450. The predicted octanol–water partition coefficient (Wildman–Crippen LogP) is 4.75. The predicted molar refractivity (Wildman–Crippen MR) is 104 cm³/mol. The molecule has 1 atom stereocenters. The Labute approximate surface area is 170 Å². The molecule has 1 aliphatic rings. The third-order valence-electron chi connectivity index (χ3n) is 5.37. The highest BCUT2D eigenvalue weighted by Crippen LogP contribution is 2.33. The number of hydrogen-bond donors (Lipinski definition) is 0. The molecule has 0 bridgehead atoms. The van der Waals surface area contributed by atoms with E-state index in [1.807, 2.05) is 19.9 Å². The number of halogens is 3. The number of aryl methyl sites for hydroxylation is 3. The average Bonchev–Trinajstić information content (AvgIpc) is 3.23. The lowest BCUT2D eigenvalue weighted by molar-refractivity contribution is -0.142. The fourth-order valence-corrected chi connectivity index (χ4v) is 4.76. The molecule has 1 amide bonds. The molecule has 29 heavy (non-hydrogen) atoms. The minimum Gasteiger partial charge on any atom is -0.337 e. The van der Waals surface area contributed by atoms with Gasteiger partial charge in [0.05, 0.1) is 10.6 Å². The van der Waals surface area contributed by atoms with Crippen LogP contribution < -0.4 is 0 Å². The topological polar surface area (TPSA) is 50.5 Å². The molecular formula is C20H21F3N4OS. The van der Waals surface area contributed by atoms with E-state index in [9.17, 15) is 18.0 Å². The summed E-state index contributed by atoms with van der Waals surface area (Å²) in [5.41, 5.74) is 1.28. The Morgan fingerprint density at radius 2 is 1.97 bits per heavy atom. The Bertz CT molecular complexity index is 1070. The van der Waals surface area contributed by atoms with Gasteiger partial charge in [0.25, 0.3) is 5.91 Å². The van der Waals surface area contributed by atoms with Gasteiger partial charge in [-0.1, -0.05) is 0 Å². The lowest BCUT2D eigenvalue weighted by Gasteiger charge is -2.31. The molecule has 5 nitrogen and oxygen atoms in total. The first-order valence-electron chi connectivity index (χ1n) is 9.44. The van der Waals surface area contributed by atoms with Gasteiger partial charge in [0.2, 0.25) is 0 Å². The Balaban J connectivity index is 1.63. The molecule has 0 aromatic carbocycles. The van der Waals surface area contributed by atoms with Crippen molar-refractivity contribution >= 4 is 22.9 Å². The van der Waals surface area contributed by atoms with Crippen LogP contribution >= 0.6 is 11.3 Å². The second-order valence-electron chi connectivity index (χ2n) is 7.56. The first-order valence-corrected chi connectivity index (χ1v) is 10.3. The quantitative estimate of drug-likeness (QED) is 0.599. The van der Waals surface area contributed by atoms with E-state index < -0.39 is 11.9 Å². The summed E-state index contributed by atoms with van der Waals surface area (Å²) >= 11 is 1.48. The molecule has 0 aliphatic carbocycles. The normalized spacial score (nSPS) is 17.9. The number of carbonyl (C=O) groups is 1. The number of nitrogens with zero attached hydrogens (tertiary/aromatic N) is 4. The molecule has 1 fully saturated rings. The molecule has 1 saturated heterocycles. The molecule has 4 rings (SSSR count). The number of carbonyl (C=O) groups excluding carboxylic acids is 1. The van der Waals surface area contributed by atoms with Gasteiger partial charge in [0, 0.05) is 35.6 Å². The zero-order valence-electron chi connectivity index (χ0n) is 16.4. The summed E-state index contributed by atoms with van der Waals surface area (Å²) in [5, 5.41) is 4.23. The third-order valence-corrected chi connectivity index (χ3v) is 6.51. The zero-order chi connectivity index (χ0) is 20.9. The van der Waals surface area contributed by atoms with Crippen LogP contribution in [0.15, 0.2) is 18.2 Å². The van der Waals surface area contributed by atoms with E-state index in [0.717, 1.165) is 33.9 Å². The van der Waals surface area contributed by atoms with Crippen molar-refractivity contribution in [3.8, 4) is 0 Å². The first-order chi connectivity index (χ1) is 13.6. The van der Waals surface area contributed by atoms with Gasteiger partial charge >= 0.3 is 6.18 Å². The van der Waals surface area contributed by atoms with Crippen molar-refractivity contribution in [3.05, 3.63) is 50.6 Å². The first kappa shape index (κ1) is 19.9. The maximum absolute atomic E-state index is 13.4. The Morgan fingerprint density at radius 3 is 2.62 bits per heavy atom. The maximum atomic E-state index is 13.4. The Morgan fingerprint density at radius 1 is 1.21 bits per heavy atom. The number of aromatic nitrogens is 3. The summed E-state index contributed by atoms with van der Waals surface area (Å²) in [6.45, 7) is 6.59. The summed E-state index contributed by atoms with van der Waals surface area (Å²) in [5.74, 6) is -0.137. The van der Waals surface area contributed by atoms with Crippen molar-refractivity contribution < 1.29 is 18.0 Å². The summed E-state index contributed by atoms with van der Waals surface area (Å²) < 4.78 is 41.1. The summed E-state index contributed by atoms with van der Waals surface area (Å²) in [7, 11) is 0. The monoisotopic (exact) mass is 422 g/mol. The Hall–Kier alpha value is -2.42. The van der Waals surface area contributed by atoms with Gasteiger partial charge in [0.15, 0.2) is 5.65 Å². The molecule has 4 heterocycles. The van der Waals surface area contributed by atoms with E-state index in [0.29, 0.717) is 29.4 Å². The number of rotatable bonds is 2. The number of hydrogen-bond acceptors (Lipinski definition) is 4. The molecule has 3 aromatic heterocycles. The van der Waals surface area contributed by atoms with Crippen LogP contribution in [-0.4, -0.2) is 38.5 Å². The van der Waals surface area contributed by atoms with Crippen molar-refractivity contribution in [2.45, 2.75) is 45.7 Å². The van der Waals surface area contributed by atoms with Gasteiger partial charge in [-0.2, -0.15) is 18.3 Å². The SMILES string of the molecule is Cc1cc(C(F)(F)F)n2nc(C3CCCN(C(=O)c4cc(C)c(C)s4)C3)cc2n1. The van der Waals surface area contributed by atoms with E-state index in [1.54, 1.807) is 11.0 Å². The van der Waals surface area contributed by atoms with Crippen LogP contribution in [0.4, 0.5) is 13.2 Å². The Kier molecular flexibility index (Phi) is 4.88. The summed E-state index contributed by atoms with van der Waals surface area (Å²) in [6, 6.07) is 4.52. The lowest BCUT2D eigenvalue weighted by atomic mass is 9.95. The van der Waals surface area contributed by atoms with E-state index in [-0.39, 0.29) is 17.5 Å². The van der Waals surface area contributed by atoms with Gasteiger partial charge < -0.3 is 4.90 Å². The van der Waals surface area contributed by atoms with Crippen molar-refractivity contribution in [2.24, 2.45) is 0 Å². The van der Waals surface area contributed by atoms with Crippen LogP contribution in [0.25, 0.3) is 5.65 Å². The average molecular weight is 422 g/mol. The van der Waals surface area contributed by atoms with Crippen LogP contribution in [0, 0.1) is 20.8 Å². The molecule has 9 heteroatoms. The van der Waals surface area contributed by atoms with Gasteiger partial charge in [-0.3, -0.25) is 4.79 Å². The second-order valence-corrected chi connectivity index (χ2v) is 8.82. The standard InChI is InChI=1S/C20H21F3N4OS/c1-11-7-16(29-13(11)3)19(28)26-6-4-5-14(10-26)15-9-18-24-12(2)8-17(20(21,22)23)27(18)25-15/h7-9,14H,4-6,10H2,1-3H3. The third kappa shape index (κ3) is 3.75. The largest absolute Gasteiger partial charge is 0.433 e. The molecule has 0 radical (unpaired) electrons. The number of likely N-dealkylation sites (tertiary alicyclic amines) is 1.